The Balaban J connectivity index is 1.20. The fraction of sp³-hybridized carbons (Fsp3) is 0.378. The molecule has 4 amide bonds. The lowest BCUT2D eigenvalue weighted by molar-refractivity contribution is -0.132. The van der Waals surface area contributed by atoms with E-state index in [9.17, 15) is 19.2 Å². The van der Waals surface area contributed by atoms with E-state index in [0.717, 1.165) is 51.0 Å². The number of carbonyl (C=O) groups excluding carboxylic acids is 4. The molecule has 0 bridgehead atoms. The molecule has 0 saturated carbocycles. The van der Waals surface area contributed by atoms with E-state index in [1.54, 1.807) is 43.4 Å². The quantitative estimate of drug-likeness (QED) is 0.158. The summed E-state index contributed by atoms with van der Waals surface area (Å²) in [5.41, 5.74) is 3.45. The second-order valence-corrected chi connectivity index (χ2v) is 12.5. The van der Waals surface area contributed by atoms with Gasteiger partial charge in [0, 0.05) is 45.2 Å². The van der Waals surface area contributed by atoms with Crippen molar-refractivity contribution >= 4 is 52.2 Å². The molecule has 0 radical (unpaired) electrons. The SMILES string of the molecule is COC(=O)Nc1nc2c(C(=O)Nc3ccc(C(=O)N(C)c4ccc(C)cc4OCCCCCC(=O)N4CCN(C)CC4)cc3OC)cccc2[nH]1. The first kappa shape index (κ1) is 36.6. The van der Waals surface area contributed by atoms with E-state index in [1.165, 1.54) is 19.1 Å². The van der Waals surface area contributed by atoms with Gasteiger partial charge in [-0.2, -0.15) is 0 Å². The summed E-state index contributed by atoms with van der Waals surface area (Å²) in [5.74, 6) is 0.468. The number of benzene rings is 3. The molecule has 1 fully saturated rings. The molecule has 1 aromatic heterocycles. The van der Waals surface area contributed by atoms with Crippen LogP contribution in [-0.4, -0.2) is 105 Å². The summed E-state index contributed by atoms with van der Waals surface area (Å²) in [6, 6.07) is 15.5. The molecule has 14 nitrogen and oxygen atoms in total. The van der Waals surface area contributed by atoms with Crippen molar-refractivity contribution in [1.82, 2.24) is 19.8 Å². The number of piperazine rings is 1. The Morgan fingerprint density at radius 2 is 1.71 bits per heavy atom. The number of methoxy groups -OCH3 is 2. The minimum absolute atomic E-state index is 0.133. The van der Waals surface area contributed by atoms with Gasteiger partial charge in [0.2, 0.25) is 11.9 Å². The lowest BCUT2D eigenvalue weighted by Crippen LogP contribution is -2.47. The van der Waals surface area contributed by atoms with Crippen LogP contribution in [0.5, 0.6) is 11.5 Å². The number of aryl methyl sites for hydroxylation is 1. The first-order chi connectivity index (χ1) is 24.6. The molecule has 5 rings (SSSR count). The summed E-state index contributed by atoms with van der Waals surface area (Å²) in [6.45, 7) is 5.83. The zero-order chi connectivity index (χ0) is 36.5. The summed E-state index contributed by atoms with van der Waals surface area (Å²) in [5, 5.41) is 5.29. The van der Waals surface area contributed by atoms with E-state index < -0.39 is 12.0 Å². The molecule has 1 aliphatic heterocycles. The smallest absolute Gasteiger partial charge is 0.413 e. The van der Waals surface area contributed by atoms with Crippen LogP contribution in [0, 0.1) is 6.92 Å². The van der Waals surface area contributed by atoms with Crippen molar-refractivity contribution in [2.45, 2.75) is 32.6 Å². The Morgan fingerprint density at radius 3 is 2.45 bits per heavy atom. The fourth-order valence-electron chi connectivity index (χ4n) is 5.81. The number of hydrogen-bond donors (Lipinski definition) is 3. The van der Waals surface area contributed by atoms with Gasteiger partial charge in [0.05, 0.1) is 43.3 Å². The van der Waals surface area contributed by atoms with E-state index in [0.29, 0.717) is 46.7 Å². The summed E-state index contributed by atoms with van der Waals surface area (Å²) >= 11 is 0. The Morgan fingerprint density at radius 1 is 0.922 bits per heavy atom. The van der Waals surface area contributed by atoms with Gasteiger partial charge < -0.3 is 39.2 Å². The number of rotatable bonds is 13. The van der Waals surface area contributed by atoms with E-state index in [1.807, 2.05) is 30.0 Å². The number of unbranched alkanes of at least 4 members (excludes halogenated alkanes) is 2. The van der Waals surface area contributed by atoms with Crippen molar-refractivity contribution in [3.8, 4) is 11.5 Å². The predicted molar refractivity (Wildman–Crippen MR) is 195 cm³/mol. The molecule has 270 valence electrons. The number of carbonyl (C=O) groups is 4. The summed E-state index contributed by atoms with van der Waals surface area (Å²) < 4.78 is 16.3. The summed E-state index contributed by atoms with van der Waals surface area (Å²) in [4.78, 5) is 64.2. The molecular weight excluding hydrogens is 654 g/mol. The number of aromatic amines is 1. The number of likely N-dealkylation sites (N-methyl/N-ethyl adjacent to an activating group) is 1. The number of nitrogens with zero attached hydrogens (tertiary/aromatic N) is 4. The maximum atomic E-state index is 13.7. The van der Waals surface area contributed by atoms with Gasteiger partial charge in [-0.05, 0) is 81.3 Å². The molecule has 3 aromatic carbocycles. The third-order valence-corrected chi connectivity index (χ3v) is 8.79. The largest absolute Gasteiger partial charge is 0.495 e. The third kappa shape index (κ3) is 9.14. The van der Waals surface area contributed by atoms with Gasteiger partial charge in [-0.3, -0.25) is 19.7 Å². The fourth-order valence-corrected chi connectivity index (χ4v) is 5.81. The van der Waals surface area contributed by atoms with Crippen LogP contribution in [0.3, 0.4) is 0 Å². The van der Waals surface area contributed by atoms with Crippen LogP contribution in [0.4, 0.5) is 22.1 Å². The summed E-state index contributed by atoms with van der Waals surface area (Å²) in [7, 11) is 6.45. The average molecular weight is 700 g/mol. The lowest BCUT2D eigenvalue weighted by Gasteiger charge is -2.32. The van der Waals surface area contributed by atoms with Crippen LogP contribution < -0.4 is 25.0 Å². The number of nitrogens with one attached hydrogen (secondary N) is 3. The van der Waals surface area contributed by atoms with Crippen LogP contribution in [0.25, 0.3) is 11.0 Å². The van der Waals surface area contributed by atoms with Crippen LogP contribution in [-0.2, 0) is 9.53 Å². The lowest BCUT2D eigenvalue weighted by atomic mass is 10.1. The van der Waals surface area contributed by atoms with Gasteiger partial charge >= 0.3 is 6.09 Å². The second-order valence-electron chi connectivity index (χ2n) is 12.5. The topological polar surface area (TPSA) is 158 Å². The van der Waals surface area contributed by atoms with Crippen molar-refractivity contribution in [2.75, 3.05) is 76.6 Å². The van der Waals surface area contributed by atoms with Gasteiger partial charge in [-0.1, -0.05) is 12.1 Å². The number of hydrogen-bond acceptors (Lipinski definition) is 9. The van der Waals surface area contributed by atoms with Crippen LogP contribution in [0.1, 0.15) is 52.0 Å². The second kappa shape index (κ2) is 16.9. The van der Waals surface area contributed by atoms with E-state index in [4.69, 9.17) is 9.47 Å². The third-order valence-electron chi connectivity index (χ3n) is 8.79. The molecule has 4 aromatic rings. The van der Waals surface area contributed by atoms with Gasteiger partial charge in [0.1, 0.15) is 17.0 Å². The molecule has 2 heterocycles. The van der Waals surface area contributed by atoms with Crippen molar-refractivity contribution in [1.29, 1.82) is 0 Å². The number of imidazole rings is 1. The van der Waals surface area contributed by atoms with Crippen LogP contribution in [0.15, 0.2) is 54.6 Å². The first-order valence-corrected chi connectivity index (χ1v) is 16.9. The first-order valence-electron chi connectivity index (χ1n) is 16.9. The number of fused-ring (bicyclic) bond motifs is 1. The molecule has 14 heteroatoms. The van der Waals surface area contributed by atoms with Crippen molar-refractivity contribution in [3.05, 3.63) is 71.3 Å². The number of para-hydroxylation sites is 1. The molecule has 0 unspecified atom stereocenters. The van der Waals surface area contributed by atoms with Crippen molar-refractivity contribution < 1.29 is 33.4 Å². The van der Waals surface area contributed by atoms with Crippen LogP contribution >= 0.6 is 0 Å². The monoisotopic (exact) mass is 699 g/mol. The van der Waals surface area contributed by atoms with E-state index >= 15 is 0 Å². The van der Waals surface area contributed by atoms with E-state index in [2.05, 4.69) is 37.3 Å². The Kier molecular flexibility index (Phi) is 12.1. The molecular formula is C37H45N7O7. The Labute approximate surface area is 297 Å². The highest BCUT2D eigenvalue weighted by Crippen LogP contribution is 2.32. The number of aromatic nitrogens is 2. The Bertz CT molecular complexity index is 1880. The normalized spacial score (nSPS) is 13.1. The highest BCUT2D eigenvalue weighted by Gasteiger charge is 2.22. The molecule has 3 N–H and O–H groups in total. The molecule has 0 aliphatic carbocycles. The Hall–Kier alpha value is -5.63. The number of amides is 4. The zero-order valence-electron chi connectivity index (χ0n) is 29.7. The van der Waals surface area contributed by atoms with Crippen LogP contribution in [0.2, 0.25) is 0 Å². The molecule has 1 saturated heterocycles. The van der Waals surface area contributed by atoms with Gasteiger partial charge in [-0.25, -0.2) is 9.78 Å². The van der Waals surface area contributed by atoms with Crippen molar-refractivity contribution in [3.63, 3.8) is 0 Å². The van der Waals surface area contributed by atoms with E-state index in [-0.39, 0.29) is 29.1 Å². The van der Waals surface area contributed by atoms with Gasteiger partial charge in [0.15, 0.2) is 0 Å². The number of ether oxygens (including phenoxy) is 3. The summed E-state index contributed by atoms with van der Waals surface area (Å²) in [6.07, 6.45) is 2.29. The average Bonchev–Trinajstić information content (AvgIpc) is 3.55. The number of H-pyrrole nitrogens is 1. The number of anilines is 3. The van der Waals surface area contributed by atoms with Gasteiger partial charge in [0.25, 0.3) is 11.8 Å². The predicted octanol–water partition coefficient (Wildman–Crippen LogP) is 5.30. The minimum Gasteiger partial charge on any atom is -0.495 e. The maximum absolute atomic E-state index is 13.7. The molecule has 1 aliphatic rings. The highest BCUT2D eigenvalue weighted by atomic mass is 16.5. The molecule has 0 spiro atoms. The minimum atomic E-state index is -0.700. The standard InChI is InChI=1S/C37H45N7O7/c1-24-13-16-29(31(22-24)51-21-8-6-7-12-32(45)44-19-17-42(2)18-20-44)43(3)35(47)25-14-15-27(30(23-25)49-4)38-34(46)26-10-9-11-28-33(26)40-36(39-28)41-37(48)50-5/h9-11,13-16,22-23H,6-8,12,17-21H2,1-5H3,(H,38,46)(H2,39,40,41,48). The van der Waals surface area contributed by atoms with Gasteiger partial charge in [-0.15, -0.1) is 0 Å². The van der Waals surface area contributed by atoms with Crippen molar-refractivity contribution in [2.24, 2.45) is 0 Å². The molecule has 0 atom stereocenters. The highest BCUT2D eigenvalue weighted by molar-refractivity contribution is 6.13. The maximum Gasteiger partial charge on any atom is 0.413 e. The molecule has 51 heavy (non-hydrogen) atoms. The zero-order valence-corrected chi connectivity index (χ0v) is 29.7.